The Hall–Kier alpha value is -1.72. The van der Waals surface area contributed by atoms with E-state index in [1.807, 2.05) is 0 Å². The van der Waals surface area contributed by atoms with Gasteiger partial charge in [0.25, 0.3) is 11.1 Å². The van der Waals surface area contributed by atoms with Crippen LogP contribution in [0.4, 0.5) is 0 Å². The molecule has 14 heavy (non-hydrogen) atoms. The Balaban J connectivity index is 2.08. The zero-order chi connectivity index (χ0) is 10.1. The van der Waals surface area contributed by atoms with E-state index in [-0.39, 0.29) is 0 Å². The van der Waals surface area contributed by atoms with E-state index in [1.54, 1.807) is 12.2 Å². The predicted molar refractivity (Wildman–Crippen MR) is 44.7 cm³/mol. The molecule has 0 unspecified atom stereocenters. The summed E-state index contributed by atoms with van der Waals surface area (Å²) in [5.74, 6) is -1.09. The van der Waals surface area contributed by atoms with Gasteiger partial charge in [0.2, 0.25) is 0 Å². The summed E-state index contributed by atoms with van der Waals surface area (Å²) in [6, 6.07) is 0. The second kappa shape index (κ2) is 1.73. The van der Waals surface area contributed by atoms with Crippen molar-refractivity contribution in [1.29, 1.82) is 0 Å². The summed E-state index contributed by atoms with van der Waals surface area (Å²) in [4.78, 5) is 20.8. The molecule has 0 bridgehead atoms. The van der Waals surface area contributed by atoms with E-state index in [0.29, 0.717) is 0 Å². The average molecular weight is 194 g/mol. The maximum atomic E-state index is 10.8. The lowest BCUT2D eigenvalue weighted by Gasteiger charge is -2.60. The molecule has 6 heteroatoms. The van der Waals surface area contributed by atoms with Crippen LogP contribution < -0.4 is 0 Å². The highest BCUT2D eigenvalue weighted by atomic mass is 16.6. The Labute approximate surface area is 78.2 Å². The molecule has 0 aromatic carbocycles. The largest absolute Gasteiger partial charge is 0.267 e. The van der Waals surface area contributed by atoms with Gasteiger partial charge in [0.1, 0.15) is 11.8 Å². The predicted octanol–water partition coefficient (Wildman–Crippen LogP) is 0.403. The van der Waals surface area contributed by atoms with Crippen molar-refractivity contribution in [3.63, 3.8) is 0 Å². The van der Waals surface area contributed by atoms with Crippen LogP contribution in [0, 0.1) is 32.1 Å². The Kier molecular flexibility index (Phi) is 0.945. The van der Waals surface area contributed by atoms with E-state index in [2.05, 4.69) is 0 Å². The Morgan fingerprint density at radius 3 is 1.43 bits per heavy atom. The van der Waals surface area contributed by atoms with Crippen LogP contribution in [0.1, 0.15) is 0 Å². The quantitative estimate of drug-likeness (QED) is 0.361. The van der Waals surface area contributed by atoms with Crippen molar-refractivity contribution < 1.29 is 9.85 Å². The minimum Gasteiger partial charge on any atom is -0.264 e. The van der Waals surface area contributed by atoms with E-state index in [4.69, 9.17) is 0 Å². The normalized spacial score (nSPS) is 50.6. The van der Waals surface area contributed by atoms with Crippen molar-refractivity contribution in [1.82, 2.24) is 0 Å². The molecule has 0 aromatic rings. The minimum atomic E-state index is -1.16. The van der Waals surface area contributed by atoms with Gasteiger partial charge in [-0.25, -0.2) is 0 Å². The monoisotopic (exact) mass is 194 g/mol. The van der Waals surface area contributed by atoms with Gasteiger partial charge >= 0.3 is 0 Å². The smallest absolute Gasteiger partial charge is 0.264 e. The molecule has 3 rings (SSSR count). The van der Waals surface area contributed by atoms with Gasteiger partial charge in [-0.05, 0) is 12.2 Å². The summed E-state index contributed by atoms with van der Waals surface area (Å²) in [5, 5.41) is 21.6. The molecule has 0 N–H and O–H groups in total. The van der Waals surface area contributed by atoms with Crippen LogP contribution >= 0.6 is 0 Å². The molecule has 6 nitrogen and oxygen atoms in total. The van der Waals surface area contributed by atoms with Crippen molar-refractivity contribution in [2.45, 2.75) is 11.1 Å². The molecular formula is C8H6N2O4. The molecule has 3 aliphatic rings. The number of rotatable bonds is 2. The van der Waals surface area contributed by atoms with E-state index < -0.39 is 32.8 Å². The number of hydrogen-bond donors (Lipinski definition) is 0. The molecule has 72 valence electrons. The van der Waals surface area contributed by atoms with Gasteiger partial charge in [-0.3, -0.25) is 20.2 Å². The Morgan fingerprint density at radius 2 is 1.29 bits per heavy atom. The van der Waals surface area contributed by atoms with E-state index in [1.165, 1.54) is 12.2 Å². The van der Waals surface area contributed by atoms with E-state index in [9.17, 15) is 20.2 Å². The zero-order valence-corrected chi connectivity index (χ0v) is 6.99. The third kappa shape index (κ3) is 0.413. The standard InChI is InChI=1S/C8H6N2O4/c11-9(12)7-3-1-5(7)8(10(13)14)4-2-6(7)8/h1-6H. The van der Waals surface area contributed by atoms with Crippen LogP contribution in [0.3, 0.4) is 0 Å². The lowest BCUT2D eigenvalue weighted by molar-refractivity contribution is -0.687. The summed E-state index contributed by atoms with van der Waals surface area (Å²) in [7, 11) is 0. The van der Waals surface area contributed by atoms with Gasteiger partial charge in [0.15, 0.2) is 0 Å². The fourth-order valence-corrected chi connectivity index (χ4v) is 2.90. The van der Waals surface area contributed by atoms with E-state index in [0.717, 1.165) is 0 Å². The molecule has 0 atom stereocenters. The van der Waals surface area contributed by atoms with Gasteiger partial charge in [-0.15, -0.1) is 0 Å². The summed E-state index contributed by atoms with van der Waals surface area (Å²) in [6.45, 7) is 0. The van der Waals surface area contributed by atoms with Crippen LogP contribution in [0.2, 0.25) is 0 Å². The second-order valence-electron chi connectivity index (χ2n) is 3.96. The fraction of sp³-hybridized carbons (Fsp3) is 0.500. The van der Waals surface area contributed by atoms with Crippen molar-refractivity contribution in [3.05, 3.63) is 44.5 Å². The third-order valence-electron chi connectivity index (χ3n) is 3.74. The summed E-state index contributed by atoms with van der Waals surface area (Å²) in [5.41, 5.74) is -2.33. The van der Waals surface area contributed by atoms with Crippen LogP contribution in [0.15, 0.2) is 24.3 Å². The number of nitrogens with zero attached hydrogens (tertiary/aromatic N) is 2. The first-order chi connectivity index (χ1) is 6.57. The first kappa shape index (κ1) is 7.66. The van der Waals surface area contributed by atoms with Gasteiger partial charge in [0.05, 0.1) is 0 Å². The molecule has 0 saturated heterocycles. The van der Waals surface area contributed by atoms with Crippen molar-refractivity contribution >= 4 is 0 Å². The topological polar surface area (TPSA) is 86.3 Å². The highest BCUT2D eigenvalue weighted by Crippen LogP contribution is 2.67. The highest BCUT2D eigenvalue weighted by Gasteiger charge is 2.89. The van der Waals surface area contributed by atoms with Crippen LogP contribution in [-0.4, -0.2) is 20.9 Å². The number of hydrogen-bond acceptors (Lipinski definition) is 4. The average Bonchev–Trinajstić information content (AvgIpc) is 2.03. The number of nitro groups is 2. The summed E-state index contributed by atoms with van der Waals surface area (Å²) >= 11 is 0. The minimum absolute atomic E-state index is 0.395. The first-order valence-electron chi connectivity index (χ1n) is 4.24. The molecule has 0 amide bonds. The Morgan fingerprint density at radius 1 is 0.929 bits per heavy atom. The lowest BCUT2D eigenvalue weighted by atomic mass is 9.38. The maximum Gasteiger partial charge on any atom is 0.267 e. The second-order valence-corrected chi connectivity index (χ2v) is 3.96. The molecule has 0 aromatic heterocycles. The van der Waals surface area contributed by atoms with Gasteiger partial charge in [0, 0.05) is 9.85 Å². The van der Waals surface area contributed by atoms with Crippen molar-refractivity contribution in [3.8, 4) is 0 Å². The molecule has 0 radical (unpaired) electrons. The third-order valence-corrected chi connectivity index (χ3v) is 3.74. The molecule has 0 heterocycles. The van der Waals surface area contributed by atoms with Crippen LogP contribution in [-0.2, 0) is 0 Å². The van der Waals surface area contributed by atoms with Gasteiger partial charge in [-0.1, -0.05) is 12.2 Å². The lowest BCUT2D eigenvalue weighted by Crippen LogP contribution is -2.83. The highest BCUT2D eigenvalue weighted by molar-refractivity contribution is 5.50. The van der Waals surface area contributed by atoms with Crippen molar-refractivity contribution in [2.75, 3.05) is 0 Å². The van der Waals surface area contributed by atoms with Crippen LogP contribution in [0.25, 0.3) is 0 Å². The summed E-state index contributed by atoms with van der Waals surface area (Å²) < 4.78 is 0. The van der Waals surface area contributed by atoms with Gasteiger partial charge < -0.3 is 0 Å². The zero-order valence-electron chi connectivity index (χ0n) is 6.99. The molecular weight excluding hydrogens is 188 g/mol. The summed E-state index contributed by atoms with van der Waals surface area (Å²) in [6.07, 6.45) is 6.11. The first-order valence-corrected chi connectivity index (χ1v) is 4.24. The van der Waals surface area contributed by atoms with Crippen LogP contribution in [0.5, 0.6) is 0 Å². The molecule has 1 saturated carbocycles. The molecule has 0 spiro atoms. The molecule has 3 aliphatic carbocycles. The van der Waals surface area contributed by atoms with Gasteiger partial charge in [-0.2, -0.15) is 0 Å². The Bertz CT molecular complexity index is 377. The molecule has 1 fully saturated rings. The number of fused-ring (bicyclic) bond motifs is 4. The fourth-order valence-electron chi connectivity index (χ4n) is 2.90. The van der Waals surface area contributed by atoms with E-state index >= 15 is 0 Å². The molecule has 0 aliphatic heterocycles. The maximum absolute atomic E-state index is 10.8. The van der Waals surface area contributed by atoms with Crippen molar-refractivity contribution in [2.24, 2.45) is 11.8 Å². The SMILES string of the molecule is O=[N+]([O-])C12C=CC1C1([N+](=O)[O-])C=CC21.